The van der Waals surface area contributed by atoms with E-state index in [1.807, 2.05) is 42.5 Å². The van der Waals surface area contributed by atoms with Crippen LogP contribution in [0.1, 0.15) is 0 Å². The SMILES string of the molecule is Nc1c(NNC(=O)COc2ccccc2)ncnc1Nc1ccc(Br)cc1. The lowest BCUT2D eigenvalue weighted by Crippen LogP contribution is -2.34. The van der Waals surface area contributed by atoms with Crippen LogP contribution in [0.25, 0.3) is 0 Å². The Balaban J connectivity index is 1.57. The predicted octanol–water partition coefficient (Wildman–Crippen LogP) is 3.09. The Kier molecular flexibility index (Phi) is 6.06. The second-order valence-electron chi connectivity index (χ2n) is 5.39. The third-order valence-corrected chi connectivity index (χ3v) is 3.95. The number of benzene rings is 2. The van der Waals surface area contributed by atoms with E-state index < -0.39 is 0 Å². The molecule has 0 atom stereocenters. The van der Waals surface area contributed by atoms with Crippen LogP contribution in [0.15, 0.2) is 65.4 Å². The lowest BCUT2D eigenvalue weighted by atomic mass is 10.3. The maximum Gasteiger partial charge on any atom is 0.276 e. The number of nitrogen functional groups attached to an aromatic ring is 1. The molecule has 27 heavy (non-hydrogen) atoms. The number of rotatable bonds is 7. The maximum absolute atomic E-state index is 11.9. The van der Waals surface area contributed by atoms with Crippen molar-refractivity contribution >= 4 is 44.8 Å². The van der Waals surface area contributed by atoms with E-state index in [0.717, 1.165) is 10.2 Å². The third kappa shape index (κ3) is 5.32. The first-order chi connectivity index (χ1) is 13.1. The first kappa shape index (κ1) is 18.5. The van der Waals surface area contributed by atoms with Gasteiger partial charge in [0.25, 0.3) is 5.91 Å². The van der Waals surface area contributed by atoms with Crippen LogP contribution in [0.4, 0.5) is 23.0 Å². The summed E-state index contributed by atoms with van der Waals surface area (Å²) < 4.78 is 6.33. The Morgan fingerprint density at radius 2 is 1.74 bits per heavy atom. The van der Waals surface area contributed by atoms with E-state index in [2.05, 4.69) is 42.1 Å². The van der Waals surface area contributed by atoms with Crippen LogP contribution < -0.4 is 26.6 Å². The number of ether oxygens (including phenoxy) is 1. The van der Waals surface area contributed by atoms with Gasteiger partial charge in [-0.2, -0.15) is 0 Å². The molecule has 1 aromatic heterocycles. The lowest BCUT2D eigenvalue weighted by Gasteiger charge is -2.13. The third-order valence-electron chi connectivity index (χ3n) is 3.42. The monoisotopic (exact) mass is 428 g/mol. The number of hydrazine groups is 1. The van der Waals surface area contributed by atoms with E-state index >= 15 is 0 Å². The van der Waals surface area contributed by atoms with Crippen molar-refractivity contribution in [1.82, 2.24) is 15.4 Å². The number of nitrogens with one attached hydrogen (secondary N) is 3. The van der Waals surface area contributed by atoms with Gasteiger partial charge in [0.1, 0.15) is 17.8 Å². The van der Waals surface area contributed by atoms with Gasteiger partial charge in [0.2, 0.25) is 0 Å². The number of carbonyl (C=O) groups excluding carboxylic acids is 1. The van der Waals surface area contributed by atoms with Gasteiger partial charge >= 0.3 is 0 Å². The molecule has 0 aliphatic carbocycles. The molecule has 0 radical (unpaired) electrons. The molecule has 1 heterocycles. The molecule has 1 amide bonds. The van der Waals surface area contributed by atoms with Gasteiger partial charge in [-0.1, -0.05) is 34.1 Å². The van der Waals surface area contributed by atoms with Crippen LogP contribution in [-0.2, 0) is 4.79 Å². The minimum Gasteiger partial charge on any atom is -0.484 e. The molecule has 8 nitrogen and oxygen atoms in total. The first-order valence-corrected chi connectivity index (χ1v) is 8.77. The lowest BCUT2D eigenvalue weighted by molar-refractivity contribution is -0.122. The number of halogens is 1. The number of para-hydroxylation sites is 1. The quantitative estimate of drug-likeness (QED) is 0.427. The number of amides is 1. The molecule has 0 saturated carbocycles. The number of anilines is 4. The van der Waals surface area contributed by atoms with Gasteiger partial charge in [-0.25, -0.2) is 9.97 Å². The molecule has 0 spiro atoms. The Hall–Kier alpha value is -3.33. The van der Waals surface area contributed by atoms with Crippen molar-refractivity contribution in [2.45, 2.75) is 0 Å². The van der Waals surface area contributed by atoms with Gasteiger partial charge < -0.3 is 15.8 Å². The zero-order chi connectivity index (χ0) is 19.1. The molecule has 0 aliphatic rings. The largest absolute Gasteiger partial charge is 0.484 e. The predicted molar refractivity (Wildman–Crippen MR) is 108 cm³/mol. The molecule has 0 unspecified atom stereocenters. The van der Waals surface area contributed by atoms with E-state index in [1.165, 1.54) is 6.33 Å². The topological polar surface area (TPSA) is 114 Å². The Morgan fingerprint density at radius 3 is 2.48 bits per heavy atom. The van der Waals surface area contributed by atoms with Crippen LogP contribution in [0, 0.1) is 0 Å². The Labute approximate surface area is 164 Å². The number of hydrogen-bond donors (Lipinski definition) is 4. The molecule has 3 rings (SSSR count). The normalized spacial score (nSPS) is 10.1. The zero-order valence-electron chi connectivity index (χ0n) is 14.1. The van der Waals surface area contributed by atoms with Crippen LogP contribution >= 0.6 is 15.9 Å². The second-order valence-corrected chi connectivity index (χ2v) is 6.31. The van der Waals surface area contributed by atoms with E-state index in [-0.39, 0.29) is 24.0 Å². The van der Waals surface area contributed by atoms with Crippen LogP contribution in [-0.4, -0.2) is 22.5 Å². The number of nitrogens with zero attached hydrogens (tertiary/aromatic N) is 2. The molecule has 0 saturated heterocycles. The minimum atomic E-state index is -0.376. The van der Waals surface area contributed by atoms with Crippen molar-refractivity contribution < 1.29 is 9.53 Å². The molecular formula is C18H17BrN6O2. The summed E-state index contributed by atoms with van der Waals surface area (Å²) in [5.74, 6) is 0.928. The van der Waals surface area contributed by atoms with Crippen LogP contribution in [0.2, 0.25) is 0 Å². The summed E-state index contributed by atoms with van der Waals surface area (Å²) >= 11 is 3.38. The summed E-state index contributed by atoms with van der Waals surface area (Å²) in [5.41, 5.74) is 12.3. The van der Waals surface area contributed by atoms with Crippen molar-refractivity contribution in [2.24, 2.45) is 0 Å². The van der Waals surface area contributed by atoms with E-state index in [9.17, 15) is 4.79 Å². The summed E-state index contributed by atoms with van der Waals surface area (Å²) in [6.45, 7) is -0.147. The molecule has 3 aromatic rings. The maximum atomic E-state index is 11.9. The average molecular weight is 429 g/mol. The Bertz CT molecular complexity index is 905. The number of aromatic nitrogens is 2. The van der Waals surface area contributed by atoms with Crippen molar-refractivity contribution in [1.29, 1.82) is 0 Å². The fourth-order valence-electron chi connectivity index (χ4n) is 2.10. The van der Waals surface area contributed by atoms with Gasteiger partial charge in [-0.05, 0) is 36.4 Å². The van der Waals surface area contributed by atoms with Crippen LogP contribution in [0.5, 0.6) is 5.75 Å². The van der Waals surface area contributed by atoms with E-state index in [4.69, 9.17) is 10.5 Å². The highest BCUT2D eigenvalue weighted by Crippen LogP contribution is 2.25. The van der Waals surface area contributed by atoms with Gasteiger partial charge in [0.15, 0.2) is 18.2 Å². The Morgan fingerprint density at radius 1 is 1.04 bits per heavy atom. The molecule has 9 heteroatoms. The van der Waals surface area contributed by atoms with Crippen LogP contribution in [0.3, 0.4) is 0 Å². The first-order valence-electron chi connectivity index (χ1n) is 7.97. The second kappa shape index (κ2) is 8.86. The molecule has 2 aromatic carbocycles. The summed E-state index contributed by atoms with van der Waals surface area (Å²) in [4.78, 5) is 20.1. The van der Waals surface area contributed by atoms with Crippen molar-refractivity contribution in [3.63, 3.8) is 0 Å². The minimum absolute atomic E-state index is 0.147. The van der Waals surface area contributed by atoms with Crippen molar-refractivity contribution in [2.75, 3.05) is 23.1 Å². The zero-order valence-corrected chi connectivity index (χ0v) is 15.7. The van der Waals surface area contributed by atoms with Crippen molar-refractivity contribution in [3.05, 3.63) is 65.4 Å². The molecule has 0 fully saturated rings. The highest BCUT2D eigenvalue weighted by molar-refractivity contribution is 9.10. The molecular weight excluding hydrogens is 412 g/mol. The van der Waals surface area contributed by atoms with Crippen molar-refractivity contribution in [3.8, 4) is 5.75 Å². The fourth-order valence-corrected chi connectivity index (χ4v) is 2.36. The molecule has 0 aliphatic heterocycles. The smallest absolute Gasteiger partial charge is 0.276 e. The number of nitrogens with two attached hydrogens (primary N) is 1. The summed E-state index contributed by atoms with van der Waals surface area (Å²) in [5, 5.41) is 3.10. The van der Waals surface area contributed by atoms with Gasteiger partial charge in [0, 0.05) is 10.2 Å². The summed E-state index contributed by atoms with van der Waals surface area (Å²) in [6, 6.07) is 16.6. The molecule has 5 N–H and O–H groups in total. The highest BCUT2D eigenvalue weighted by atomic mass is 79.9. The molecule has 0 bridgehead atoms. The molecule has 138 valence electrons. The van der Waals surface area contributed by atoms with E-state index in [0.29, 0.717) is 11.6 Å². The average Bonchev–Trinajstić information content (AvgIpc) is 2.69. The fraction of sp³-hybridized carbons (Fsp3) is 0.0556. The highest BCUT2D eigenvalue weighted by Gasteiger charge is 2.10. The number of carbonyl (C=O) groups is 1. The summed E-state index contributed by atoms with van der Waals surface area (Å²) in [7, 11) is 0. The van der Waals surface area contributed by atoms with E-state index in [1.54, 1.807) is 12.1 Å². The van der Waals surface area contributed by atoms with Gasteiger partial charge in [0.05, 0.1) is 0 Å². The van der Waals surface area contributed by atoms with Gasteiger partial charge in [-0.15, -0.1) is 0 Å². The summed E-state index contributed by atoms with van der Waals surface area (Å²) in [6.07, 6.45) is 1.34. The van der Waals surface area contributed by atoms with Gasteiger partial charge in [-0.3, -0.25) is 15.6 Å². The standard InChI is InChI=1S/C18H17BrN6O2/c19-12-6-8-13(9-7-12)23-17-16(20)18(22-11-21-17)25-24-15(26)10-27-14-4-2-1-3-5-14/h1-9,11H,10,20H2,(H,24,26)(H2,21,22,23,25). The number of hydrogen-bond acceptors (Lipinski definition) is 7.